The number of nitrogens with one attached hydrogen (secondary N) is 2. The van der Waals surface area contributed by atoms with Gasteiger partial charge in [-0.3, -0.25) is 4.79 Å². The molecule has 1 aromatic rings. The Bertz CT molecular complexity index is 463. The summed E-state index contributed by atoms with van der Waals surface area (Å²) in [6.07, 6.45) is 2.01. The van der Waals surface area contributed by atoms with E-state index in [-0.39, 0.29) is 11.9 Å². The quantitative estimate of drug-likeness (QED) is 0.868. The molecular weight excluding hydrogens is 250 g/mol. The van der Waals surface area contributed by atoms with Gasteiger partial charge in [-0.2, -0.15) is 0 Å². The van der Waals surface area contributed by atoms with Crippen LogP contribution in [0.3, 0.4) is 0 Å². The predicted molar refractivity (Wildman–Crippen MR) is 84.4 cm³/mol. The number of rotatable bonds is 5. The van der Waals surface area contributed by atoms with Crippen molar-refractivity contribution in [2.45, 2.75) is 39.7 Å². The van der Waals surface area contributed by atoms with Crippen LogP contribution in [0.25, 0.3) is 0 Å². The van der Waals surface area contributed by atoms with Crippen LogP contribution in [0.4, 0.5) is 11.4 Å². The number of amides is 1. The van der Waals surface area contributed by atoms with Crippen molar-refractivity contribution in [1.29, 1.82) is 0 Å². The van der Waals surface area contributed by atoms with Gasteiger partial charge in [0.2, 0.25) is 5.91 Å². The molecule has 0 bridgehead atoms. The maximum absolute atomic E-state index is 12.1. The molecule has 1 amide bonds. The first-order chi connectivity index (χ1) is 9.65. The van der Waals surface area contributed by atoms with Crippen molar-refractivity contribution in [3.63, 3.8) is 0 Å². The monoisotopic (exact) mass is 275 g/mol. The van der Waals surface area contributed by atoms with E-state index >= 15 is 0 Å². The SMILES string of the molecule is CCN(CC)c1ccc(NC(=O)[C@@H]2CCCN2)c(C)c1. The van der Waals surface area contributed by atoms with Gasteiger partial charge in [0.25, 0.3) is 0 Å². The number of carbonyl (C=O) groups excluding carboxylic acids is 1. The van der Waals surface area contributed by atoms with Gasteiger partial charge < -0.3 is 15.5 Å². The second kappa shape index (κ2) is 6.75. The molecule has 1 aliphatic rings. The summed E-state index contributed by atoms with van der Waals surface area (Å²) in [5, 5.41) is 6.26. The minimum absolute atomic E-state index is 0.0307. The molecule has 110 valence electrons. The Morgan fingerprint density at radius 2 is 2.15 bits per heavy atom. The zero-order chi connectivity index (χ0) is 14.5. The Labute approximate surface area is 121 Å². The first-order valence-corrected chi connectivity index (χ1v) is 7.55. The molecule has 1 aromatic carbocycles. The topological polar surface area (TPSA) is 44.4 Å². The number of aryl methyl sites for hydroxylation is 1. The lowest BCUT2D eigenvalue weighted by Gasteiger charge is -2.22. The predicted octanol–water partition coefficient (Wildman–Crippen LogP) is 2.53. The molecule has 1 aliphatic heterocycles. The number of nitrogens with zero attached hydrogens (tertiary/aromatic N) is 1. The van der Waals surface area contributed by atoms with Crippen molar-refractivity contribution in [3.05, 3.63) is 23.8 Å². The first kappa shape index (κ1) is 14.9. The lowest BCUT2D eigenvalue weighted by molar-refractivity contribution is -0.117. The molecular formula is C16H25N3O. The third-order valence-corrected chi connectivity index (χ3v) is 3.97. The summed E-state index contributed by atoms with van der Waals surface area (Å²) in [5.41, 5.74) is 3.24. The van der Waals surface area contributed by atoms with Gasteiger partial charge in [-0.1, -0.05) is 0 Å². The van der Waals surface area contributed by atoms with Crippen LogP contribution in [-0.4, -0.2) is 31.6 Å². The average molecular weight is 275 g/mol. The van der Waals surface area contributed by atoms with E-state index in [1.807, 2.05) is 13.0 Å². The molecule has 0 saturated carbocycles. The second-order valence-electron chi connectivity index (χ2n) is 5.31. The highest BCUT2D eigenvalue weighted by Crippen LogP contribution is 2.23. The van der Waals surface area contributed by atoms with E-state index in [4.69, 9.17) is 0 Å². The largest absolute Gasteiger partial charge is 0.372 e. The van der Waals surface area contributed by atoms with E-state index in [9.17, 15) is 4.79 Å². The molecule has 0 aromatic heterocycles. The van der Waals surface area contributed by atoms with Gasteiger partial charge >= 0.3 is 0 Å². The fourth-order valence-electron chi connectivity index (χ4n) is 2.70. The standard InChI is InChI=1S/C16H25N3O/c1-4-19(5-2)13-8-9-14(12(3)11-13)18-16(20)15-7-6-10-17-15/h8-9,11,15,17H,4-7,10H2,1-3H3,(H,18,20)/t15-/m0/s1. The summed E-state index contributed by atoms with van der Waals surface area (Å²) >= 11 is 0. The van der Waals surface area contributed by atoms with Crippen LogP contribution in [-0.2, 0) is 4.79 Å². The Morgan fingerprint density at radius 3 is 2.70 bits per heavy atom. The van der Waals surface area contributed by atoms with Crippen LogP contribution in [0.15, 0.2) is 18.2 Å². The number of anilines is 2. The fourth-order valence-corrected chi connectivity index (χ4v) is 2.70. The fraction of sp³-hybridized carbons (Fsp3) is 0.562. The number of hydrogen-bond acceptors (Lipinski definition) is 3. The van der Waals surface area contributed by atoms with Gasteiger partial charge in [-0.25, -0.2) is 0 Å². The third kappa shape index (κ3) is 3.31. The zero-order valence-corrected chi connectivity index (χ0v) is 12.7. The van der Waals surface area contributed by atoms with E-state index < -0.39 is 0 Å². The van der Waals surface area contributed by atoms with Gasteiger partial charge in [0.15, 0.2) is 0 Å². The minimum atomic E-state index is -0.0307. The molecule has 1 heterocycles. The van der Waals surface area contributed by atoms with Crippen LogP contribution in [0.5, 0.6) is 0 Å². The Balaban J connectivity index is 2.07. The number of hydrogen-bond donors (Lipinski definition) is 2. The molecule has 1 fully saturated rings. The lowest BCUT2D eigenvalue weighted by Crippen LogP contribution is -2.35. The molecule has 1 atom stereocenters. The molecule has 0 unspecified atom stereocenters. The molecule has 4 nitrogen and oxygen atoms in total. The van der Waals surface area contributed by atoms with Crippen LogP contribution in [0, 0.1) is 6.92 Å². The summed E-state index contributed by atoms with van der Waals surface area (Å²) in [6.45, 7) is 9.28. The van der Waals surface area contributed by atoms with Gasteiger partial charge in [-0.05, 0) is 63.9 Å². The minimum Gasteiger partial charge on any atom is -0.372 e. The first-order valence-electron chi connectivity index (χ1n) is 7.55. The van der Waals surface area contributed by atoms with Crippen LogP contribution in [0.1, 0.15) is 32.3 Å². The van der Waals surface area contributed by atoms with Crippen molar-refractivity contribution in [2.75, 3.05) is 29.9 Å². The van der Waals surface area contributed by atoms with Gasteiger partial charge in [-0.15, -0.1) is 0 Å². The second-order valence-corrected chi connectivity index (χ2v) is 5.31. The average Bonchev–Trinajstić information content (AvgIpc) is 2.97. The maximum atomic E-state index is 12.1. The molecule has 2 rings (SSSR count). The molecule has 0 spiro atoms. The highest BCUT2D eigenvalue weighted by Gasteiger charge is 2.22. The van der Waals surface area contributed by atoms with Crippen LogP contribution < -0.4 is 15.5 Å². The normalized spacial score (nSPS) is 18.1. The maximum Gasteiger partial charge on any atom is 0.241 e. The summed E-state index contributed by atoms with van der Waals surface area (Å²) in [6, 6.07) is 6.20. The molecule has 20 heavy (non-hydrogen) atoms. The molecule has 0 aliphatic carbocycles. The number of carbonyl (C=O) groups is 1. The van der Waals surface area contributed by atoms with E-state index in [2.05, 4.69) is 41.5 Å². The van der Waals surface area contributed by atoms with E-state index in [0.29, 0.717) is 0 Å². The van der Waals surface area contributed by atoms with Crippen LogP contribution >= 0.6 is 0 Å². The zero-order valence-electron chi connectivity index (χ0n) is 12.7. The molecule has 2 N–H and O–H groups in total. The van der Waals surface area contributed by atoms with Gasteiger partial charge in [0.05, 0.1) is 6.04 Å². The van der Waals surface area contributed by atoms with Crippen molar-refractivity contribution < 1.29 is 4.79 Å². The smallest absolute Gasteiger partial charge is 0.241 e. The van der Waals surface area contributed by atoms with E-state index in [1.54, 1.807) is 0 Å². The highest BCUT2D eigenvalue weighted by molar-refractivity contribution is 5.95. The van der Waals surface area contributed by atoms with E-state index in [1.165, 1.54) is 5.69 Å². The van der Waals surface area contributed by atoms with Crippen molar-refractivity contribution in [3.8, 4) is 0 Å². The van der Waals surface area contributed by atoms with Crippen molar-refractivity contribution >= 4 is 17.3 Å². The summed E-state index contributed by atoms with van der Waals surface area (Å²) in [4.78, 5) is 14.4. The Kier molecular flexibility index (Phi) is 5.01. The van der Waals surface area contributed by atoms with Gasteiger partial charge in [0, 0.05) is 24.5 Å². The summed E-state index contributed by atoms with van der Waals surface area (Å²) in [7, 11) is 0. The lowest BCUT2D eigenvalue weighted by atomic mass is 10.1. The Morgan fingerprint density at radius 1 is 1.40 bits per heavy atom. The van der Waals surface area contributed by atoms with Gasteiger partial charge in [0.1, 0.15) is 0 Å². The van der Waals surface area contributed by atoms with Crippen molar-refractivity contribution in [1.82, 2.24) is 5.32 Å². The third-order valence-electron chi connectivity index (χ3n) is 3.97. The summed E-state index contributed by atoms with van der Waals surface area (Å²) in [5.74, 6) is 0.0844. The number of benzene rings is 1. The Hall–Kier alpha value is -1.55. The molecule has 1 saturated heterocycles. The summed E-state index contributed by atoms with van der Waals surface area (Å²) < 4.78 is 0. The molecule has 4 heteroatoms. The van der Waals surface area contributed by atoms with Crippen molar-refractivity contribution in [2.24, 2.45) is 0 Å². The molecule has 0 radical (unpaired) electrons. The van der Waals surface area contributed by atoms with E-state index in [0.717, 1.165) is 43.7 Å². The van der Waals surface area contributed by atoms with Crippen LogP contribution in [0.2, 0.25) is 0 Å². The highest BCUT2D eigenvalue weighted by atomic mass is 16.2.